The van der Waals surface area contributed by atoms with Crippen LogP contribution >= 0.6 is 0 Å². The van der Waals surface area contributed by atoms with Crippen molar-refractivity contribution in [3.8, 4) is 23.0 Å². The summed E-state index contributed by atoms with van der Waals surface area (Å²) >= 11 is 0. The minimum atomic E-state index is -2.91. The van der Waals surface area contributed by atoms with Gasteiger partial charge in [-0.1, -0.05) is 0 Å². The van der Waals surface area contributed by atoms with Crippen LogP contribution in [0.5, 0.6) is 11.6 Å². The number of hydrogen-bond donors (Lipinski definition) is 2. The van der Waals surface area contributed by atoms with E-state index in [-0.39, 0.29) is 24.4 Å². The first-order chi connectivity index (χ1) is 14.2. The number of pyridine rings is 1. The van der Waals surface area contributed by atoms with Crippen LogP contribution in [0.1, 0.15) is 18.4 Å². The lowest BCUT2D eigenvalue weighted by molar-refractivity contribution is -0.137. The zero-order chi connectivity index (χ0) is 21.8. The fraction of sp³-hybridized carbons (Fsp3) is 0.235. The first kappa shape index (κ1) is 21.1. The van der Waals surface area contributed by atoms with Crippen molar-refractivity contribution in [3.63, 3.8) is 0 Å². The molecule has 3 N–H and O–H groups in total. The SMILES string of the molecule is NC(CC(=O)O)Cn1nnc(-c2ccc(Oc3ncc(C(F)F)cc3F)c(F)c2)n1. The van der Waals surface area contributed by atoms with Crippen LogP contribution in [-0.4, -0.2) is 42.3 Å². The Hall–Kier alpha value is -3.61. The Kier molecular flexibility index (Phi) is 6.20. The Labute approximate surface area is 166 Å². The largest absolute Gasteiger partial charge is 0.481 e. The third-order valence-corrected chi connectivity index (χ3v) is 3.76. The second-order valence-corrected chi connectivity index (χ2v) is 6.13. The molecule has 0 aliphatic rings. The molecular formula is C17H14F4N6O3. The molecule has 0 amide bonds. The number of nitrogens with two attached hydrogens (primary N) is 1. The highest BCUT2D eigenvalue weighted by Crippen LogP contribution is 2.29. The maximum atomic E-state index is 14.4. The van der Waals surface area contributed by atoms with Crippen LogP contribution in [0.3, 0.4) is 0 Å². The Morgan fingerprint density at radius 2 is 2.00 bits per heavy atom. The summed E-state index contributed by atoms with van der Waals surface area (Å²) in [5.74, 6) is -4.18. The Bertz CT molecular complexity index is 1060. The summed E-state index contributed by atoms with van der Waals surface area (Å²) in [4.78, 5) is 15.1. The second kappa shape index (κ2) is 8.82. The van der Waals surface area contributed by atoms with Crippen molar-refractivity contribution in [2.24, 2.45) is 5.73 Å². The van der Waals surface area contributed by atoms with E-state index in [1.54, 1.807) is 0 Å². The molecule has 13 heteroatoms. The predicted molar refractivity (Wildman–Crippen MR) is 92.7 cm³/mol. The second-order valence-electron chi connectivity index (χ2n) is 6.13. The van der Waals surface area contributed by atoms with E-state index >= 15 is 0 Å². The molecule has 0 saturated carbocycles. The summed E-state index contributed by atoms with van der Waals surface area (Å²) in [6.45, 7) is -0.0114. The van der Waals surface area contributed by atoms with Crippen molar-refractivity contribution in [3.05, 3.63) is 47.7 Å². The molecule has 2 heterocycles. The van der Waals surface area contributed by atoms with Gasteiger partial charge in [-0.15, -0.1) is 10.2 Å². The van der Waals surface area contributed by atoms with Gasteiger partial charge in [0.1, 0.15) is 0 Å². The molecule has 0 aliphatic carbocycles. The molecule has 3 rings (SSSR count). The topological polar surface area (TPSA) is 129 Å². The molecule has 1 aromatic carbocycles. The number of carbonyl (C=O) groups is 1. The number of alkyl halides is 2. The van der Waals surface area contributed by atoms with Crippen molar-refractivity contribution in [2.75, 3.05) is 0 Å². The van der Waals surface area contributed by atoms with Gasteiger partial charge in [0.2, 0.25) is 5.82 Å². The van der Waals surface area contributed by atoms with Crippen LogP contribution in [-0.2, 0) is 11.3 Å². The number of carboxylic acid groups (broad SMARTS) is 1. The van der Waals surface area contributed by atoms with E-state index in [1.807, 2.05) is 0 Å². The van der Waals surface area contributed by atoms with E-state index < -0.39 is 47.3 Å². The molecule has 0 radical (unpaired) electrons. The highest BCUT2D eigenvalue weighted by atomic mass is 19.3. The fourth-order valence-corrected chi connectivity index (χ4v) is 2.40. The van der Waals surface area contributed by atoms with Crippen LogP contribution in [0.4, 0.5) is 17.6 Å². The summed E-state index contributed by atoms with van der Waals surface area (Å²) < 4.78 is 58.3. The number of carboxylic acids is 1. The fourth-order valence-electron chi connectivity index (χ4n) is 2.40. The van der Waals surface area contributed by atoms with E-state index in [0.29, 0.717) is 6.07 Å². The maximum absolute atomic E-state index is 14.4. The number of ether oxygens (including phenoxy) is 1. The van der Waals surface area contributed by atoms with Gasteiger partial charge >= 0.3 is 5.97 Å². The van der Waals surface area contributed by atoms with Crippen molar-refractivity contribution in [2.45, 2.75) is 25.4 Å². The smallest absolute Gasteiger partial charge is 0.304 e. The number of aromatic nitrogens is 5. The van der Waals surface area contributed by atoms with E-state index in [0.717, 1.165) is 23.1 Å². The van der Waals surface area contributed by atoms with Crippen molar-refractivity contribution in [1.82, 2.24) is 25.2 Å². The molecule has 0 spiro atoms. The van der Waals surface area contributed by atoms with E-state index in [9.17, 15) is 22.4 Å². The molecule has 158 valence electrons. The van der Waals surface area contributed by atoms with Gasteiger partial charge in [0.25, 0.3) is 12.3 Å². The van der Waals surface area contributed by atoms with Crippen molar-refractivity contribution in [1.29, 1.82) is 0 Å². The number of aliphatic carboxylic acids is 1. The van der Waals surface area contributed by atoms with Gasteiger partial charge in [-0.25, -0.2) is 22.5 Å². The summed E-state index contributed by atoms with van der Waals surface area (Å²) in [5, 5.41) is 20.2. The lowest BCUT2D eigenvalue weighted by Gasteiger charge is -2.08. The Morgan fingerprint density at radius 1 is 1.23 bits per heavy atom. The highest BCUT2D eigenvalue weighted by Gasteiger charge is 2.17. The summed E-state index contributed by atoms with van der Waals surface area (Å²) in [6.07, 6.45) is -2.47. The average Bonchev–Trinajstić information content (AvgIpc) is 3.12. The molecule has 1 unspecified atom stereocenters. The van der Waals surface area contributed by atoms with Crippen LogP contribution < -0.4 is 10.5 Å². The number of halogens is 4. The quantitative estimate of drug-likeness (QED) is 0.526. The van der Waals surface area contributed by atoms with Crippen LogP contribution in [0.25, 0.3) is 11.4 Å². The molecule has 2 aromatic heterocycles. The first-order valence-corrected chi connectivity index (χ1v) is 8.39. The monoisotopic (exact) mass is 426 g/mol. The summed E-state index contributed by atoms with van der Waals surface area (Å²) in [5.41, 5.74) is 5.22. The van der Waals surface area contributed by atoms with Gasteiger partial charge in [-0.2, -0.15) is 4.80 Å². The molecule has 3 aromatic rings. The molecule has 0 aliphatic heterocycles. The van der Waals surface area contributed by atoms with E-state index in [4.69, 9.17) is 15.6 Å². The lowest BCUT2D eigenvalue weighted by atomic mass is 10.2. The highest BCUT2D eigenvalue weighted by molar-refractivity contribution is 5.67. The Morgan fingerprint density at radius 3 is 2.63 bits per heavy atom. The van der Waals surface area contributed by atoms with E-state index in [1.165, 1.54) is 6.07 Å². The van der Waals surface area contributed by atoms with Gasteiger partial charge in [-0.3, -0.25) is 4.79 Å². The zero-order valence-corrected chi connectivity index (χ0v) is 15.0. The number of tetrazole rings is 1. The molecule has 0 saturated heterocycles. The number of rotatable bonds is 8. The van der Waals surface area contributed by atoms with Gasteiger partial charge in [0.05, 0.1) is 13.0 Å². The third kappa shape index (κ3) is 5.05. The first-order valence-electron chi connectivity index (χ1n) is 8.39. The van der Waals surface area contributed by atoms with Crippen molar-refractivity contribution < 1.29 is 32.2 Å². The van der Waals surface area contributed by atoms with Gasteiger partial charge in [0, 0.05) is 23.4 Å². The Balaban J connectivity index is 1.74. The summed E-state index contributed by atoms with van der Waals surface area (Å²) in [7, 11) is 0. The zero-order valence-electron chi connectivity index (χ0n) is 15.0. The van der Waals surface area contributed by atoms with Gasteiger partial charge in [-0.05, 0) is 29.5 Å². The van der Waals surface area contributed by atoms with Crippen molar-refractivity contribution >= 4 is 5.97 Å². The average molecular weight is 426 g/mol. The predicted octanol–water partition coefficient (Wildman–Crippen LogP) is 2.55. The number of nitrogens with zero attached hydrogens (tertiary/aromatic N) is 5. The maximum Gasteiger partial charge on any atom is 0.304 e. The molecule has 9 nitrogen and oxygen atoms in total. The molecular weight excluding hydrogens is 412 g/mol. The molecule has 0 fully saturated rings. The van der Waals surface area contributed by atoms with Gasteiger partial charge < -0.3 is 15.6 Å². The minimum absolute atomic E-state index is 0.0114. The molecule has 30 heavy (non-hydrogen) atoms. The number of benzene rings is 1. The normalized spacial score (nSPS) is 12.2. The molecule has 1 atom stereocenters. The van der Waals surface area contributed by atoms with Crippen LogP contribution in [0, 0.1) is 11.6 Å². The third-order valence-electron chi connectivity index (χ3n) is 3.76. The summed E-state index contributed by atoms with van der Waals surface area (Å²) in [6, 6.07) is 3.33. The van der Waals surface area contributed by atoms with Crippen LogP contribution in [0.15, 0.2) is 30.5 Å². The molecule has 0 bridgehead atoms. The van der Waals surface area contributed by atoms with E-state index in [2.05, 4.69) is 20.4 Å². The number of hydrogen-bond acceptors (Lipinski definition) is 7. The lowest BCUT2D eigenvalue weighted by Crippen LogP contribution is -2.30. The van der Waals surface area contributed by atoms with Gasteiger partial charge in [0.15, 0.2) is 17.4 Å². The van der Waals surface area contributed by atoms with Crippen LogP contribution in [0.2, 0.25) is 0 Å². The standard InChI is InChI=1S/C17H14F4N6O3/c18-11-3-8(16-24-26-27(25-16)7-10(22)5-14(28)29)1-2-13(11)30-17-12(19)4-9(6-23-17)15(20)21/h1-4,6,10,15H,5,7,22H2,(H,28,29). The minimum Gasteiger partial charge on any atom is -0.481 e.